The molecule has 0 heterocycles. The molecule has 0 saturated carbocycles. The lowest BCUT2D eigenvalue weighted by Crippen LogP contribution is -2.46. The van der Waals surface area contributed by atoms with Crippen molar-refractivity contribution >= 4 is 11.6 Å². The van der Waals surface area contributed by atoms with Crippen molar-refractivity contribution < 1.29 is 14.8 Å². The van der Waals surface area contributed by atoms with E-state index in [1.807, 2.05) is 6.92 Å². The average molecular weight is 266 g/mol. The van der Waals surface area contributed by atoms with Crippen molar-refractivity contribution in [3.63, 3.8) is 0 Å². The van der Waals surface area contributed by atoms with E-state index in [1.165, 1.54) is 6.07 Å². The Morgan fingerprint density at radius 3 is 2.58 bits per heavy atom. The Morgan fingerprint density at radius 2 is 2.11 bits per heavy atom. The first-order chi connectivity index (χ1) is 8.80. The summed E-state index contributed by atoms with van der Waals surface area (Å²) in [6.45, 7) is 4.93. The minimum Gasteiger partial charge on any atom is -0.394 e. The summed E-state index contributed by atoms with van der Waals surface area (Å²) in [7, 11) is 0. The van der Waals surface area contributed by atoms with Crippen LogP contribution in [-0.2, 0) is 6.42 Å². The molecule has 1 aromatic carbocycles. The lowest BCUT2D eigenvalue weighted by molar-refractivity contribution is -0.385. The molecule has 0 aromatic heterocycles. The van der Waals surface area contributed by atoms with Gasteiger partial charge in [-0.05, 0) is 26.3 Å². The van der Waals surface area contributed by atoms with Gasteiger partial charge in [-0.15, -0.1) is 0 Å². The van der Waals surface area contributed by atoms with E-state index in [0.717, 1.165) is 0 Å². The van der Waals surface area contributed by atoms with Gasteiger partial charge in [-0.1, -0.05) is 13.0 Å². The second-order valence-corrected chi connectivity index (χ2v) is 4.95. The molecule has 6 heteroatoms. The van der Waals surface area contributed by atoms with Crippen LogP contribution >= 0.6 is 0 Å². The quantitative estimate of drug-likeness (QED) is 0.626. The van der Waals surface area contributed by atoms with Gasteiger partial charge in [0.25, 0.3) is 11.6 Å². The van der Waals surface area contributed by atoms with Gasteiger partial charge < -0.3 is 10.4 Å². The SMILES string of the molecule is CCc1ccc(C(=O)NC(C)(C)CO)cc1[N+](=O)[O-]. The number of hydrogen-bond acceptors (Lipinski definition) is 4. The molecule has 0 radical (unpaired) electrons. The summed E-state index contributed by atoms with van der Waals surface area (Å²) in [5, 5.41) is 22.6. The molecule has 0 spiro atoms. The molecule has 1 rings (SSSR count). The number of benzene rings is 1. The first kappa shape index (κ1) is 15.1. The molecule has 0 atom stereocenters. The molecule has 0 aliphatic rings. The Balaban J connectivity index is 3.06. The topological polar surface area (TPSA) is 92.5 Å². The lowest BCUT2D eigenvalue weighted by atomic mass is 10.0. The van der Waals surface area contributed by atoms with Crippen molar-refractivity contribution in [2.45, 2.75) is 32.7 Å². The van der Waals surface area contributed by atoms with Gasteiger partial charge in [0.1, 0.15) is 0 Å². The van der Waals surface area contributed by atoms with Crippen LogP contribution in [0.15, 0.2) is 18.2 Å². The predicted molar refractivity (Wildman–Crippen MR) is 71.1 cm³/mol. The first-order valence-electron chi connectivity index (χ1n) is 6.01. The zero-order valence-corrected chi connectivity index (χ0v) is 11.3. The van der Waals surface area contributed by atoms with Crippen molar-refractivity contribution in [3.05, 3.63) is 39.4 Å². The predicted octanol–water partition coefficient (Wildman–Crippen LogP) is 1.66. The highest BCUT2D eigenvalue weighted by molar-refractivity contribution is 5.95. The van der Waals surface area contributed by atoms with E-state index in [4.69, 9.17) is 5.11 Å². The van der Waals surface area contributed by atoms with Crippen LogP contribution in [0.25, 0.3) is 0 Å². The third-order valence-corrected chi connectivity index (χ3v) is 2.77. The summed E-state index contributed by atoms with van der Waals surface area (Å²) in [6.07, 6.45) is 0.528. The normalized spacial score (nSPS) is 11.2. The molecule has 1 aromatic rings. The van der Waals surface area contributed by atoms with Gasteiger partial charge in [-0.3, -0.25) is 14.9 Å². The molecule has 1 amide bonds. The van der Waals surface area contributed by atoms with E-state index in [0.29, 0.717) is 12.0 Å². The molecule has 0 aliphatic carbocycles. The van der Waals surface area contributed by atoms with Crippen molar-refractivity contribution in [1.29, 1.82) is 0 Å². The highest BCUT2D eigenvalue weighted by Crippen LogP contribution is 2.21. The van der Waals surface area contributed by atoms with Crippen molar-refractivity contribution in [1.82, 2.24) is 5.32 Å². The van der Waals surface area contributed by atoms with Crippen LogP contribution in [-0.4, -0.2) is 28.1 Å². The van der Waals surface area contributed by atoms with Gasteiger partial charge in [-0.25, -0.2) is 0 Å². The molecular formula is C13H18N2O4. The number of nitrogens with one attached hydrogen (secondary N) is 1. The van der Waals surface area contributed by atoms with Crippen LogP contribution in [0.1, 0.15) is 36.7 Å². The molecule has 19 heavy (non-hydrogen) atoms. The maximum absolute atomic E-state index is 11.9. The van der Waals surface area contributed by atoms with Gasteiger partial charge in [-0.2, -0.15) is 0 Å². The number of hydrogen-bond donors (Lipinski definition) is 2. The van der Waals surface area contributed by atoms with Gasteiger partial charge in [0.05, 0.1) is 17.1 Å². The highest BCUT2D eigenvalue weighted by Gasteiger charge is 2.22. The summed E-state index contributed by atoms with van der Waals surface area (Å²) in [6, 6.07) is 4.40. The van der Waals surface area contributed by atoms with Crippen LogP contribution in [0.5, 0.6) is 0 Å². The van der Waals surface area contributed by atoms with Crippen LogP contribution < -0.4 is 5.32 Å². The molecule has 0 unspecified atom stereocenters. The summed E-state index contributed by atoms with van der Waals surface area (Å²) in [5.74, 6) is -0.440. The molecule has 0 aliphatic heterocycles. The van der Waals surface area contributed by atoms with Crippen molar-refractivity contribution in [2.75, 3.05) is 6.61 Å². The molecule has 104 valence electrons. The molecule has 6 nitrogen and oxygen atoms in total. The average Bonchev–Trinajstić information content (AvgIpc) is 2.37. The number of amides is 1. The number of aliphatic hydroxyl groups excluding tert-OH is 1. The fraction of sp³-hybridized carbons (Fsp3) is 0.462. The zero-order chi connectivity index (χ0) is 14.6. The van der Waals surface area contributed by atoms with Crippen LogP contribution in [0, 0.1) is 10.1 Å². The number of carbonyl (C=O) groups excluding carboxylic acids is 1. The van der Waals surface area contributed by atoms with Crippen molar-refractivity contribution in [2.24, 2.45) is 0 Å². The highest BCUT2D eigenvalue weighted by atomic mass is 16.6. The summed E-state index contributed by atoms with van der Waals surface area (Å²) in [5.41, 5.74) is -0.0275. The Hall–Kier alpha value is -1.95. The first-order valence-corrected chi connectivity index (χ1v) is 6.01. The number of nitro benzene ring substituents is 1. The maximum atomic E-state index is 11.9. The number of aliphatic hydroxyl groups is 1. The third kappa shape index (κ3) is 3.75. The summed E-state index contributed by atoms with van der Waals surface area (Å²) >= 11 is 0. The van der Waals surface area contributed by atoms with Crippen LogP contribution in [0.2, 0.25) is 0 Å². The fourth-order valence-corrected chi connectivity index (χ4v) is 1.59. The van der Waals surface area contributed by atoms with E-state index < -0.39 is 16.4 Å². The van der Waals surface area contributed by atoms with Gasteiger partial charge in [0.15, 0.2) is 0 Å². The Kier molecular flexibility index (Phi) is 4.61. The minimum absolute atomic E-state index is 0.0584. The second kappa shape index (κ2) is 5.79. The van der Waals surface area contributed by atoms with E-state index in [9.17, 15) is 14.9 Å². The van der Waals surface area contributed by atoms with E-state index in [2.05, 4.69) is 5.32 Å². The largest absolute Gasteiger partial charge is 0.394 e. The van der Waals surface area contributed by atoms with E-state index in [1.54, 1.807) is 26.0 Å². The minimum atomic E-state index is -0.769. The Labute approximate surface area is 111 Å². The van der Waals surface area contributed by atoms with E-state index >= 15 is 0 Å². The van der Waals surface area contributed by atoms with Crippen LogP contribution in [0.4, 0.5) is 5.69 Å². The Bertz CT molecular complexity index is 497. The zero-order valence-electron chi connectivity index (χ0n) is 11.3. The molecule has 0 fully saturated rings. The number of aryl methyl sites for hydroxylation is 1. The van der Waals surface area contributed by atoms with Gasteiger partial charge in [0, 0.05) is 17.2 Å². The number of carbonyl (C=O) groups is 1. The Morgan fingerprint density at radius 1 is 1.47 bits per heavy atom. The maximum Gasteiger partial charge on any atom is 0.273 e. The number of nitro groups is 1. The third-order valence-electron chi connectivity index (χ3n) is 2.77. The number of nitrogens with zero attached hydrogens (tertiary/aromatic N) is 1. The summed E-state index contributed by atoms with van der Waals surface area (Å²) in [4.78, 5) is 22.4. The number of rotatable bonds is 5. The summed E-state index contributed by atoms with van der Waals surface area (Å²) < 4.78 is 0. The van der Waals surface area contributed by atoms with Crippen LogP contribution in [0.3, 0.4) is 0 Å². The second-order valence-electron chi connectivity index (χ2n) is 4.95. The molecular weight excluding hydrogens is 248 g/mol. The monoisotopic (exact) mass is 266 g/mol. The smallest absolute Gasteiger partial charge is 0.273 e. The van der Waals surface area contributed by atoms with E-state index in [-0.39, 0.29) is 17.9 Å². The lowest BCUT2D eigenvalue weighted by Gasteiger charge is -2.23. The fourth-order valence-electron chi connectivity index (χ4n) is 1.59. The standard InChI is InChI=1S/C13H18N2O4/c1-4-9-5-6-10(7-11(9)15(18)19)12(17)14-13(2,3)8-16/h5-7,16H,4,8H2,1-3H3,(H,14,17). The van der Waals surface area contributed by atoms with Gasteiger partial charge >= 0.3 is 0 Å². The molecule has 2 N–H and O–H groups in total. The molecule has 0 bridgehead atoms. The van der Waals surface area contributed by atoms with Gasteiger partial charge in [0.2, 0.25) is 0 Å². The van der Waals surface area contributed by atoms with Crippen molar-refractivity contribution in [3.8, 4) is 0 Å². The molecule has 0 saturated heterocycles.